The van der Waals surface area contributed by atoms with Gasteiger partial charge < -0.3 is 9.47 Å². The second kappa shape index (κ2) is 8.26. The van der Waals surface area contributed by atoms with E-state index in [0.29, 0.717) is 23.3 Å². The van der Waals surface area contributed by atoms with Crippen molar-refractivity contribution in [2.24, 2.45) is 0 Å². The maximum atomic E-state index is 8.92. The van der Waals surface area contributed by atoms with Gasteiger partial charge in [0.1, 0.15) is 0 Å². The Morgan fingerprint density at radius 3 is 2.60 bits per heavy atom. The number of benzene rings is 1. The summed E-state index contributed by atoms with van der Waals surface area (Å²) in [5.74, 6) is 2.56. The Morgan fingerprint density at radius 2 is 1.92 bits per heavy atom. The fraction of sp³-hybridized carbons (Fsp3) is 0.500. The summed E-state index contributed by atoms with van der Waals surface area (Å²) >= 11 is 1.45. The Labute approximate surface area is 152 Å². The van der Waals surface area contributed by atoms with Crippen LogP contribution in [-0.4, -0.2) is 34.7 Å². The molecule has 0 aliphatic heterocycles. The lowest BCUT2D eigenvalue weighted by molar-refractivity contribution is 0.339. The van der Waals surface area contributed by atoms with Crippen LogP contribution >= 0.6 is 11.8 Å². The SMILES string of the molecule is COc1ccc(-c2nnc(SCC#N)n2C2CCCCC2)cc1OC. The summed E-state index contributed by atoms with van der Waals surface area (Å²) in [4.78, 5) is 0. The summed E-state index contributed by atoms with van der Waals surface area (Å²) in [5.41, 5.74) is 0.944. The van der Waals surface area contributed by atoms with E-state index >= 15 is 0 Å². The van der Waals surface area contributed by atoms with E-state index in [-0.39, 0.29) is 0 Å². The number of ether oxygens (including phenoxy) is 2. The van der Waals surface area contributed by atoms with Crippen molar-refractivity contribution in [3.63, 3.8) is 0 Å². The van der Waals surface area contributed by atoms with Gasteiger partial charge >= 0.3 is 0 Å². The number of nitriles is 1. The molecule has 132 valence electrons. The fourth-order valence-electron chi connectivity index (χ4n) is 3.31. The monoisotopic (exact) mass is 358 g/mol. The van der Waals surface area contributed by atoms with Crippen LogP contribution in [0.2, 0.25) is 0 Å². The molecule has 0 radical (unpaired) electrons. The average molecular weight is 358 g/mol. The summed E-state index contributed by atoms with van der Waals surface area (Å²) in [7, 11) is 3.25. The smallest absolute Gasteiger partial charge is 0.192 e. The molecule has 6 nitrogen and oxygen atoms in total. The minimum Gasteiger partial charge on any atom is -0.493 e. The average Bonchev–Trinajstić information content (AvgIpc) is 3.10. The second-order valence-electron chi connectivity index (χ2n) is 5.98. The van der Waals surface area contributed by atoms with Gasteiger partial charge in [-0.3, -0.25) is 4.57 Å². The van der Waals surface area contributed by atoms with Crippen LogP contribution in [0.15, 0.2) is 23.4 Å². The van der Waals surface area contributed by atoms with Crippen molar-refractivity contribution in [2.45, 2.75) is 43.3 Å². The molecule has 0 bridgehead atoms. The summed E-state index contributed by atoms with van der Waals surface area (Å²) in [6.07, 6.45) is 5.97. The van der Waals surface area contributed by atoms with Gasteiger partial charge in [-0.15, -0.1) is 10.2 Å². The largest absolute Gasteiger partial charge is 0.493 e. The van der Waals surface area contributed by atoms with Gasteiger partial charge in [-0.2, -0.15) is 5.26 Å². The molecule has 0 unspecified atom stereocenters. The molecule has 0 saturated heterocycles. The fourth-order valence-corrected chi connectivity index (χ4v) is 3.98. The van der Waals surface area contributed by atoms with Crippen molar-refractivity contribution in [2.75, 3.05) is 20.0 Å². The zero-order valence-corrected chi connectivity index (χ0v) is 15.4. The van der Waals surface area contributed by atoms with Crippen LogP contribution in [0.5, 0.6) is 11.5 Å². The van der Waals surface area contributed by atoms with Crippen LogP contribution in [0.25, 0.3) is 11.4 Å². The molecule has 1 saturated carbocycles. The van der Waals surface area contributed by atoms with Crippen LogP contribution in [0.1, 0.15) is 38.1 Å². The molecule has 0 amide bonds. The van der Waals surface area contributed by atoms with Crippen LogP contribution in [0.4, 0.5) is 0 Å². The Bertz CT molecular complexity index is 763. The standard InChI is InChI=1S/C18H22N4O2S/c1-23-15-9-8-13(12-16(15)24-2)17-20-21-18(25-11-10-19)22(17)14-6-4-3-5-7-14/h8-9,12,14H,3-7,11H2,1-2H3. The van der Waals surface area contributed by atoms with Gasteiger partial charge in [0.05, 0.1) is 26.0 Å². The van der Waals surface area contributed by atoms with Crippen molar-refractivity contribution < 1.29 is 9.47 Å². The van der Waals surface area contributed by atoms with E-state index < -0.39 is 0 Å². The molecule has 1 aliphatic carbocycles. The minimum absolute atomic E-state index is 0.372. The highest BCUT2D eigenvalue weighted by molar-refractivity contribution is 7.99. The van der Waals surface area contributed by atoms with Gasteiger partial charge in [0.25, 0.3) is 0 Å². The number of rotatable bonds is 6. The molecule has 25 heavy (non-hydrogen) atoms. The lowest BCUT2D eigenvalue weighted by Crippen LogP contribution is -2.15. The third kappa shape index (κ3) is 3.74. The van der Waals surface area contributed by atoms with E-state index in [4.69, 9.17) is 14.7 Å². The number of hydrogen-bond donors (Lipinski definition) is 0. The van der Waals surface area contributed by atoms with Gasteiger partial charge in [-0.1, -0.05) is 31.0 Å². The molecule has 7 heteroatoms. The van der Waals surface area contributed by atoms with Crippen LogP contribution in [-0.2, 0) is 0 Å². The molecule has 1 heterocycles. The van der Waals surface area contributed by atoms with Gasteiger partial charge in [-0.05, 0) is 31.0 Å². The van der Waals surface area contributed by atoms with Gasteiger partial charge in [0, 0.05) is 11.6 Å². The second-order valence-corrected chi connectivity index (χ2v) is 6.93. The normalized spacial score (nSPS) is 14.9. The third-order valence-electron chi connectivity index (χ3n) is 4.51. The maximum absolute atomic E-state index is 8.92. The van der Waals surface area contributed by atoms with Crippen LogP contribution in [0.3, 0.4) is 0 Å². The molecule has 3 rings (SSSR count). The first-order chi connectivity index (χ1) is 12.3. The predicted molar refractivity (Wildman–Crippen MR) is 97.0 cm³/mol. The molecule has 0 spiro atoms. The zero-order valence-electron chi connectivity index (χ0n) is 14.6. The number of nitrogens with zero attached hydrogens (tertiary/aromatic N) is 4. The highest BCUT2D eigenvalue weighted by atomic mass is 32.2. The van der Waals surface area contributed by atoms with E-state index in [0.717, 1.165) is 29.4 Å². The van der Waals surface area contributed by atoms with Gasteiger partial charge in [0.2, 0.25) is 0 Å². The molecule has 1 aliphatic rings. The molecule has 0 atom stereocenters. The Hall–Kier alpha value is -2.20. The lowest BCUT2D eigenvalue weighted by Gasteiger charge is -2.25. The van der Waals surface area contributed by atoms with E-state index in [1.807, 2.05) is 18.2 Å². The molecule has 1 fully saturated rings. The van der Waals surface area contributed by atoms with Gasteiger partial charge in [0.15, 0.2) is 22.5 Å². The molecule has 1 aromatic heterocycles. The summed E-state index contributed by atoms with van der Waals surface area (Å²) in [6.45, 7) is 0. The number of methoxy groups -OCH3 is 2. The van der Waals surface area contributed by atoms with Crippen molar-refractivity contribution >= 4 is 11.8 Å². The van der Waals surface area contributed by atoms with Crippen molar-refractivity contribution in [3.8, 4) is 29.0 Å². The summed E-state index contributed by atoms with van der Waals surface area (Å²) < 4.78 is 13.0. The van der Waals surface area contributed by atoms with Crippen LogP contribution < -0.4 is 9.47 Å². The van der Waals surface area contributed by atoms with Crippen molar-refractivity contribution in [1.82, 2.24) is 14.8 Å². The van der Waals surface area contributed by atoms with E-state index in [9.17, 15) is 0 Å². The first-order valence-electron chi connectivity index (χ1n) is 8.45. The van der Waals surface area contributed by atoms with E-state index in [1.165, 1.54) is 31.0 Å². The number of hydrogen-bond acceptors (Lipinski definition) is 6. The summed E-state index contributed by atoms with van der Waals surface area (Å²) in [5, 5.41) is 18.5. The third-order valence-corrected chi connectivity index (χ3v) is 5.32. The highest BCUT2D eigenvalue weighted by Crippen LogP contribution is 2.37. The highest BCUT2D eigenvalue weighted by Gasteiger charge is 2.24. The Kier molecular flexibility index (Phi) is 5.82. The molecule has 0 N–H and O–H groups in total. The molecule has 2 aromatic rings. The predicted octanol–water partition coefficient (Wildman–Crippen LogP) is 4.08. The van der Waals surface area contributed by atoms with Crippen molar-refractivity contribution in [1.29, 1.82) is 5.26 Å². The number of aromatic nitrogens is 3. The minimum atomic E-state index is 0.372. The number of thioether (sulfide) groups is 1. The quantitative estimate of drug-likeness (QED) is 0.724. The summed E-state index contributed by atoms with van der Waals surface area (Å²) in [6, 6.07) is 8.35. The molecule has 1 aromatic carbocycles. The zero-order chi connectivity index (χ0) is 17.6. The van der Waals surface area contributed by atoms with E-state index in [1.54, 1.807) is 14.2 Å². The lowest BCUT2D eigenvalue weighted by atomic mass is 9.95. The van der Waals surface area contributed by atoms with Gasteiger partial charge in [-0.25, -0.2) is 0 Å². The first-order valence-corrected chi connectivity index (χ1v) is 9.44. The Balaban J connectivity index is 2.03. The van der Waals surface area contributed by atoms with E-state index in [2.05, 4.69) is 20.8 Å². The first kappa shape index (κ1) is 17.6. The van der Waals surface area contributed by atoms with Crippen LogP contribution in [0, 0.1) is 11.3 Å². The maximum Gasteiger partial charge on any atom is 0.192 e. The molecular formula is C18H22N4O2S. The van der Waals surface area contributed by atoms with Crippen molar-refractivity contribution in [3.05, 3.63) is 18.2 Å². The topological polar surface area (TPSA) is 73.0 Å². The Morgan fingerprint density at radius 1 is 1.16 bits per heavy atom. The molecular weight excluding hydrogens is 336 g/mol.